The Balaban J connectivity index is 2.23. The Morgan fingerprint density at radius 1 is 1.50 bits per heavy atom. The van der Waals surface area contributed by atoms with Gasteiger partial charge in [-0.1, -0.05) is 19.8 Å². The Hall–Kier alpha value is -0.120. The molecule has 3 heteroatoms. The highest BCUT2D eigenvalue weighted by molar-refractivity contribution is 4.88. The number of nitrogens with two attached hydrogens (primary N) is 1. The van der Waals surface area contributed by atoms with E-state index in [2.05, 4.69) is 12.2 Å². The standard InChI is InChI=1S/C11H24N2O/c1-3-11(8-12,9-14-2)13-7-6-10-4-5-10/h10,13H,3-9,12H2,1-2H3. The molecule has 0 aromatic heterocycles. The van der Waals surface area contributed by atoms with Crippen LogP contribution in [0.1, 0.15) is 32.6 Å². The first-order valence-corrected chi connectivity index (χ1v) is 5.70. The summed E-state index contributed by atoms with van der Waals surface area (Å²) in [6.07, 6.45) is 5.18. The molecule has 1 unspecified atom stereocenters. The lowest BCUT2D eigenvalue weighted by molar-refractivity contribution is 0.109. The second kappa shape index (κ2) is 5.69. The van der Waals surface area contributed by atoms with Crippen molar-refractivity contribution in [2.45, 2.75) is 38.1 Å². The van der Waals surface area contributed by atoms with E-state index in [-0.39, 0.29) is 5.54 Å². The maximum Gasteiger partial charge on any atom is 0.0656 e. The van der Waals surface area contributed by atoms with Crippen molar-refractivity contribution in [3.63, 3.8) is 0 Å². The molecule has 1 atom stereocenters. The van der Waals surface area contributed by atoms with Crippen LogP contribution in [0, 0.1) is 5.92 Å². The third-order valence-corrected chi connectivity index (χ3v) is 3.24. The number of hydrogen-bond donors (Lipinski definition) is 2. The van der Waals surface area contributed by atoms with Gasteiger partial charge < -0.3 is 15.8 Å². The topological polar surface area (TPSA) is 47.3 Å². The molecule has 0 aromatic rings. The Morgan fingerprint density at radius 2 is 2.21 bits per heavy atom. The highest BCUT2D eigenvalue weighted by Crippen LogP contribution is 2.31. The van der Waals surface area contributed by atoms with Crippen LogP contribution >= 0.6 is 0 Å². The average Bonchev–Trinajstić information content (AvgIpc) is 3.00. The fourth-order valence-corrected chi connectivity index (χ4v) is 1.78. The summed E-state index contributed by atoms with van der Waals surface area (Å²) in [5.74, 6) is 0.984. The zero-order chi connectivity index (χ0) is 10.4. The molecule has 84 valence electrons. The molecule has 0 amide bonds. The second-order valence-corrected chi connectivity index (χ2v) is 4.43. The van der Waals surface area contributed by atoms with Crippen LogP contribution < -0.4 is 11.1 Å². The SMILES string of the molecule is CCC(CN)(COC)NCCC1CC1. The number of rotatable bonds is 8. The van der Waals surface area contributed by atoms with Gasteiger partial charge in [-0.05, 0) is 25.3 Å². The molecule has 0 heterocycles. The lowest BCUT2D eigenvalue weighted by atomic mass is 9.97. The molecule has 0 aliphatic heterocycles. The summed E-state index contributed by atoms with van der Waals surface area (Å²) in [7, 11) is 1.74. The predicted molar refractivity (Wildman–Crippen MR) is 59.3 cm³/mol. The molecular formula is C11H24N2O. The largest absolute Gasteiger partial charge is 0.383 e. The molecule has 3 nitrogen and oxygen atoms in total. The van der Waals surface area contributed by atoms with Crippen molar-refractivity contribution in [3.05, 3.63) is 0 Å². The number of ether oxygens (including phenoxy) is 1. The first kappa shape index (κ1) is 12.0. The number of nitrogens with one attached hydrogen (secondary N) is 1. The quantitative estimate of drug-likeness (QED) is 0.617. The molecule has 1 fully saturated rings. The van der Waals surface area contributed by atoms with Gasteiger partial charge in [-0.25, -0.2) is 0 Å². The van der Waals surface area contributed by atoms with Crippen LogP contribution in [-0.4, -0.2) is 32.3 Å². The third kappa shape index (κ3) is 3.56. The van der Waals surface area contributed by atoms with Crippen molar-refractivity contribution in [1.29, 1.82) is 0 Å². The van der Waals surface area contributed by atoms with E-state index in [1.807, 2.05) is 0 Å². The smallest absolute Gasteiger partial charge is 0.0656 e. The number of methoxy groups -OCH3 is 1. The fourth-order valence-electron chi connectivity index (χ4n) is 1.78. The fraction of sp³-hybridized carbons (Fsp3) is 1.00. The minimum atomic E-state index is 0.00361. The number of hydrogen-bond acceptors (Lipinski definition) is 3. The lowest BCUT2D eigenvalue weighted by Crippen LogP contribution is -2.54. The summed E-state index contributed by atoms with van der Waals surface area (Å²) in [5, 5.41) is 3.55. The summed E-state index contributed by atoms with van der Waals surface area (Å²) in [6.45, 7) is 4.61. The van der Waals surface area contributed by atoms with Crippen LogP contribution in [0.2, 0.25) is 0 Å². The molecule has 1 saturated carbocycles. The van der Waals surface area contributed by atoms with E-state index in [1.165, 1.54) is 19.3 Å². The van der Waals surface area contributed by atoms with E-state index < -0.39 is 0 Å². The maximum atomic E-state index is 5.79. The first-order chi connectivity index (χ1) is 6.76. The van der Waals surface area contributed by atoms with Gasteiger partial charge in [0.15, 0.2) is 0 Å². The molecule has 0 saturated heterocycles. The molecule has 1 aliphatic carbocycles. The van der Waals surface area contributed by atoms with Crippen molar-refractivity contribution in [2.24, 2.45) is 11.7 Å². The summed E-state index contributed by atoms with van der Waals surface area (Å²) in [5.41, 5.74) is 5.80. The van der Waals surface area contributed by atoms with Gasteiger partial charge in [-0.2, -0.15) is 0 Å². The summed E-state index contributed by atoms with van der Waals surface area (Å²) >= 11 is 0. The van der Waals surface area contributed by atoms with E-state index in [0.717, 1.165) is 18.9 Å². The molecule has 3 N–H and O–H groups in total. The van der Waals surface area contributed by atoms with E-state index in [9.17, 15) is 0 Å². The van der Waals surface area contributed by atoms with Crippen molar-refractivity contribution in [2.75, 3.05) is 26.8 Å². The van der Waals surface area contributed by atoms with Crippen molar-refractivity contribution >= 4 is 0 Å². The zero-order valence-corrected chi connectivity index (χ0v) is 9.51. The molecule has 1 aliphatic rings. The van der Waals surface area contributed by atoms with E-state index >= 15 is 0 Å². The van der Waals surface area contributed by atoms with Crippen LogP contribution in [0.25, 0.3) is 0 Å². The van der Waals surface area contributed by atoms with Gasteiger partial charge in [0.25, 0.3) is 0 Å². The molecular weight excluding hydrogens is 176 g/mol. The Labute approximate surface area is 87.4 Å². The van der Waals surface area contributed by atoms with Gasteiger partial charge in [0.2, 0.25) is 0 Å². The Bertz CT molecular complexity index is 153. The van der Waals surface area contributed by atoms with Crippen LogP contribution in [-0.2, 0) is 4.74 Å². The van der Waals surface area contributed by atoms with Crippen LogP contribution in [0.15, 0.2) is 0 Å². The van der Waals surface area contributed by atoms with Crippen molar-refractivity contribution in [3.8, 4) is 0 Å². The van der Waals surface area contributed by atoms with E-state index in [1.54, 1.807) is 7.11 Å². The molecule has 1 rings (SSSR count). The van der Waals surface area contributed by atoms with Crippen LogP contribution in [0.4, 0.5) is 0 Å². The van der Waals surface area contributed by atoms with Gasteiger partial charge in [-0.3, -0.25) is 0 Å². The van der Waals surface area contributed by atoms with E-state index in [0.29, 0.717) is 13.2 Å². The van der Waals surface area contributed by atoms with Gasteiger partial charge in [0.05, 0.1) is 12.1 Å². The minimum Gasteiger partial charge on any atom is -0.383 e. The highest BCUT2D eigenvalue weighted by atomic mass is 16.5. The summed E-state index contributed by atoms with van der Waals surface area (Å²) in [6, 6.07) is 0. The Morgan fingerprint density at radius 3 is 2.64 bits per heavy atom. The second-order valence-electron chi connectivity index (χ2n) is 4.43. The Kier molecular flexibility index (Phi) is 4.85. The molecule has 0 bridgehead atoms. The third-order valence-electron chi connectivity index (χ3n) is 3.24. The van der Waals surface area contributed by atoms with Gasteiger partial charge >= 0.3 is 0 Å². The monoisotopic (exact) mass is 200 g/mol. The average molecular weight is 200 g/mol. The normalized spacial score (nSPS) is 20.8. The summed E-state index contributed by atoms with van der Waals surface area (Å²) in [4.78, 5) is 0. The van der Waals surface area contributed by atoms with Crippen LogP contribution in [0.5, 0.6) is 0 Å². The maximum absolute atomic E-state index is 5.79. The zero-order valence-electron chi connectivity index (χ0n) is 9.51. The molecule has 0 aromatic carbocycles. The van der Waals surface area contributed by atoms with Gasteiger partial charge in [0, 0.05) is 13.7 Å². The van der Waals surface area contributed by atoms with Crippen molar-refractivity contribution < 1.29 is 4.74 Å². The van der Waals surface area contributed by atoms with Crippen molar-refractivity contribution in [1.82, 2.24) is 5.32 Å². The van der Waals surface area contributed by atoms with Gasteiger partial charge in [0.1, 0.15) is 0 Å². The van der Waals surface area contributed by atoms with Crippen LogP contribution in [0.3, 0.4) is 0 Å². The molecule has 14 heavy (non-hydrogen) atoms. The molecule has 0 radical (unpaired) electrons. The highest BCUT2D eigenvalue weighted by Gasteiger charge is 2.27. The lowest BCUT2D eigenvalue weighted by Gasteiger charge is -2.32. The predicted octanol–water partition coefficient (Wildman–Crippen LogP) is 1.13. The first-order valence-electron chi connectivity index (χ1n) is 5.70. The molecule has 0 spiro atoms. The van der Waals surface area contributed by atoms with Gasteiger partial charge in [-0.15, -0.1) is 0 Å². The summed E-state index contributed by atoms with van der Waals surface area (Å²) < 4.78 is 5.22. The minimum absolute atomic E-state index is 0.00361. The van der Waals surface area contributed by atoms with E-state index in [4.69, 9.17) is 10.5 Å².